The van der Waals surface area contributed by atoms with Crippen LogP contribution in [0, 0.1) is 0 Å². The predicted octanol–water partition coefficient (Wildman–Crippen LogP) is 3.42. The van der Waals surface area contributed by atoms with Crippen LogP contribution in [0.3, 0.4) is 0 Å². The molecule has 1 saturated heterocycles. The highest BCUT2D eigenvalue weighted by molar-refractivity contribution is 6.05. The van der Waals surface area contributed by atoms with Gasteiger partial charge in [0.05, 0.1) is 25.0 Å². The predicted molar refractivity (Wildman–Crippen MR) is 97.5 cm³/mol. The minimum absolute atomic E-state index is 0.0606. The smallest absolute Gasteiger partial charge is 0.323 e. The van der Waals surface area contributed by atoms with Crippen LogP contribution in [0.1, 0.15) is 41.2 Å². The number of nitrogens with zero attached hydrogens (tertiary/aromatic N) is 2. The summed E-state index contributed by atoms with van der Waals surface area (Å²) in [5.41, 5.74) is 2.87. The highest BCUT2D eigenvalue weighted by atomic mass is 16.5. The van der Waals surface area contributed by atoms with Crippen LogP contribution in [0.15, 0.2) is 36.5 Å². The number of pyridine rings is 1. The van der Waals surface area contributed by atoms with E-state index in [1.807, 2.05) is 17.0 Å². The molecule has 7 heteroatoms. The Hall–Kier alpha value is -3.09. The van der Waals surface area contributed by atoms with Crippen molar-refractivity contribution >= 4 is 23.3 Å². The highest BCUT2D eigenvalue weighted by Crippen LogP contribution is 2.43. The molecular weight excluding hydrogens is 332 g/mol. The van der Waals surface area contributed by atoms with E-state index in [9.17, 15) is 9.59 Å². The Labute approximate surface area is 151 Å². The second-order valence-corrected chi connectivity index (χ2v) is 6.45. The Morgan fingerprint density at radius 1 is 1.23 bits per heavy atom. The van der Waals surface area contributed by atoms with Crippen LogP contribution >= 0.6 is 0 Å². The highest BCUT2D eigenvalue weighted by Gasteiger charge is 2.39. The molecule has 4 rings (SSSR count). The van der Waals surface area contributed by atoms with Gasteiger partial charge in [0.25, 0.3) is 5.91 Å². The summed E-state index contributed by atoms with van der Waals surface area (Å²) in [4.78, 5) is 31.0. The van der Waals surface area contributed by atoms with Crippen LogP contribution in [0.4, 0.5) is 16.2 Å². The monoisotopic (exact) mass is 352 g/mol. The number of hydrogen-bond donors (Lipinski definition) is 2. The van der Waals surface area contributed by atoms with Crippen LogP contribution in [0.25, 0.3) is 0 Å². The molecule has 2 aliphatic heterocycles. The fourth-order valence-electron chi connectivity index (χ4n) is 3.71. The third kappa shape index (κ3) is 2.85. The molecule has 1 aromatic carbocycles. The van der Waals surface area contributed by atoms with E-state index in [0.29, 0.717) is 22.8 Å². The first-order chi connectivity index (χ1) is 12.7. The van der Waals surface area contributed by atoms with Gasteiger partial charge in [0, 0.05) is 29.4 Å². The maximum atomic E-state index is 12.6. The first kappa shape index (κ1) is 16.4. The van der Waals surface area contributed by atoms with Crippen LogP contribution in [0.5, 0.6) is 5.88 Å². The zero-order chi connectivity index (χ0) is 18.1. The molecule has 0 saturated carbocycles. The van der Waals surface area contributed by atoms with E-state index >= 15 is 0 Å². The fraction of sp³-hybridized carbons (Fsp3) is 0.316. The molecule has 3 heterocycles. The molecule has 3 amide bonds. The zero-order valence-corrected chi connectivity index (χ0v) is 14.5. The number of aromatic nitrogens is 1. The number of amides is 3. The minimum Gasteiger partial charge on any atom is -0.481 e. The van der Waals surface area contributed by atoms with Gasteiger partial charge in [0.15, 0.2) is 0 Å². The summed E-state index contributed by atoms with van der Waals surface area (Å²) in [5.74, 6) is 0.542. The number of benzene rings is 1. The van der Waals surface area contributed by atoms with Crippen molar-refractivity contribution in [3.8, 4) is 5.88 Å². The number of nitrogens with one attached hydrogen (secondary N) is 2. The maximum absolute atomic E-state index is 12.6. The molecule has 0 radical (unpaired) electrons. The van der Waals surface area contributed by atoms with Crippen molar-refractivity contribution in [3.05, 3.63) is 47.7 Å². The van der Waals surface area contributed by atoms with Gasteiger partial charge in [-0.3, -0.25) is 4.79 Å². The molecule has 2 aliphatic rings. The van der Waals surface area contributed by atoms with Crippen LogP contribution in [-0.2, 0) is 0 Å². The lowest BCUT2D eigenvalue weighted by Gasteiger charge is -2.30. The SMILES string of the molecule is COc1ccc(NC(=O)Nc2cccc3c2C2CCCCN2C3=O)cn1. The average molecular weight is 352 g/mol. The molecule has 0 aliphatic carbocycles. The van der Waals surface area contributed by atoms with E-state index in [0.717, 1.165) is 31.4 Å². The Morgan fingerprint density at radius 2 is 2.12 bits per heavy atom. The lowest BCUT2D eigenvalue weighted by molar-refractivity contribution is 0.0672. The largest absolute Gasteiger partial charge is 0.481 e. The number of piperidine rings is 1. The Kier molecular flexibility index (Phi) is 4.20. The number of ether oxygens (including phenoxy) is 1. The van der Waals surface area contributed by atoms with Gasteiger partial charge in [-0.2, -0.15) is 0 Å². The van der Waals surface area contributed by atoms with E-state index in [-0.39, 0.29) is 18.0 Å². The van der Waals surface area contributed by atoms with Gasteiger partial charge in [-0.15, -0.1) is 0 Å². The molecule has 26 heavy (non-hydrogen) atoms. The zero-order valence-electron chi connectivity index (χ0n) is 14.5. The molecule has 1 aromatic heterocycles. The van der Waals surface area contributed by atoms with Gasteiger partial charge in [-0.05, 0) is 37.5 Å². The van der Waals surface area contributed by atoms with E-state index in [4.69, 9.17) is 4.74 Å². The van der Waals surface area contributed by atoms with Crippen molar-refractivity contribution in [1.82, 2.24) is 9.88 Å². The Balaban J connectivity index is 1.54. The summed E-state index contributed by atoms with van der Waals surface area (Å²) >= 11 is 0. The van der Waals surface area contributed by atoms with Crippen molar-refractivity contribution < 1.29 is 14.3 Å². The van der Waals surface area contributed by atoms with Gasteiger partial charge < -0.3 is 20.3 Å². The van der Waals surface area contributed by atoms with Crippen LogP contribution in [-0.4, -0.2) is 35.5 Å². The first-order valence-electron chi connectivity index (χ1n) is 8.69. The second kappa shape index (κ2) is 6.67. The number of rotatable bonds is 3. The van der Waals surface area contributed by atoms with Gasteiger partial charge in [0.1, 0.15) is 0 Å². The molecule has 0 bridgehead atoms. The molecule has 2 aromatic rings. The standard InChI is InChI=1S/C19H20N4O3/c1-26-16-9-8-12(11-20-16)21-19(25)22-14-6-4-5-13-17(14)15-7-2-3-10-23(15)18(13)24/h4-6,8-9,11,15H,2-3,7,10H2,1H3,(H2,21,22,25). The lowest BCUT2D eigenvalue weighted by atomic mass is 9.96. The summed E-state index contributed by atoms with van der Waals surface area (Å²) in [7, 11) is 1.54. The number of fused-ring (bicyclic) bond motifs is 3. The summed E-state index contributed by atoms with van der Waals surface area (Å²) in [6, 6.07) is 8.57. The second-order valence-electron chi connectivity index (χ2n) is 6.45. The summed E-state index contributed by atoms with van der Waals surface area (Å²) in [6.07, 6.45) is 4.58. The van der Waals surface area contributed by atoms with Gasteiger partial charge in [0.2, 0.25) is 5.88 Å². The molecule has 2 N–H and O–H groups in total. The van der Waals surface area contributed by atoms with Crippen molar-refractivity contribution in [2.24, 2.45) is 0 Å². The average Bonchev–Trinajstić information content (AvgIpc) is 2.96. The van der Waals surface area contributed by atoms with E-state index in [2.05, 4.69) is 15.6 Å². The lowest BCUT2D eigenvalue weighted by Crippen LogP contribution is -2.32. The van der Waals surface area contributed by atoms with Crippen molar-refractivity contribution in [2.75, 3.05) is 24.3 Å². The topological polar surface area (TPSA) is 83.6 Å². The first-order valence-corrected chi connectivity index (χ1v) is 8.69. The van der Waals surface area contributed by atoms with Crippen molar-refractivity contribution in [2.45, 2.75) is 25.3 Å². The number of hydrogen-bond acceptors (Lipinski definition) is 4. The Bertz CT molecular complexity index is 850. The summed E-state index contributed by atoms with van der Waals surface area (Å²) in [6.45, 7) is 0.779. The number of carbonyl (C=O) groups excluding carboxylic acids is 2. The molecule has 0 spiro atoms. The quantitative estimate of drug-likeness (QED) is 0.887. The van der Waals surface area contributed by atoms with E-state index < -0.39 is 0 Å². The number of anilines is 2. The molecule has 7 nitrogen and oxygen atoms in total. The number of methoxy groups -OCH3 is 1. The van der Waals surface area contributed by atoms with E-state index in [1.54, 1.807) is 18.2 Å². The molecule has 1 atom stereocenters. The molecule has 1 fully saturated rings. The minimum atomic E-state index is -0.368. The van der Waals surface area contributed by atoms with Crippen LogP contribution < -0.4 is 15.4 Å². The Morgan fingerprint density at radius 3 is 2.88 bits per heavy atom. The van der Waals surface area contributed by atoms with Crippen LogP contribution in [0.2, 0.25) is 0 Å². The third-order valence-electron chi connectivity index (χ3n) is 4.88. The number of urea groups is 1. The fourth-order valence-corrected chi connectivity index (χ4v) is 3.71. The summed E-state index contributed by atoms with van der Waals surface area (Å²) < 4.78 is 5.00. The summed E-state index contributed by atoms with van der Waals surface area (Å²) in [5, 5.41) is 5.63. The van der Waals surface area contributed by atoms with Crippen molar-refractivity contribution in [3.63, 3.8) is 0 Å². The third-order valence-corrected chi connectivity index (χ3v) is 4.88. The normalized spacial score (nSPS) is 18.1. The van der Waals surface area contributed by atoms with Crippen molar-refractivity contribution in [1.29, 1.82) is 0 Å². The molecular formula is C19H20N4O3. The number of carbonyl (C=O) groups is 2. The molecule has 134 valence electrons. The maximum Gasteiger partial charge on any atom is 0.323 e. The van der Waals surface area contributed by atoms with Gasteiger partial charge in [-0.25, -0.2) is 9.78 Å². The van der Waals surface area contributed by atoms with E-state index in [1.165, 1.54) is 13.3 Å². The van der Waals surface area contributed by atoms with Gasteiger partial charge >= 0.3 is 6.03 Å². The van der Waals surface area contributed by atoms with Gasteiger partial charge in [-0.1, -0.05) is 6.07 Å². The molecule has 1 unspecified atom stereocenters.